The molecule has 1 N–H and O–H groups in total. The second-order valence-electron chi connectivity index (χ2n) is 7.11. The number of rotatable bonds is 5. The fourth-order valence-electron chi connectivity index (χ4n) is 3.68. The second-order valence-corrected chi connectivity index (χ2v) is 7.11. The normalized spacial score (nSPS) is 17.3. The van der Waals surface area contributed by atoms with E-state index in [2.05, 4.69) is 15.3 Å². The molecule has 0 spiro atoms. The van der Waals surface area contributed by atoms with E-state index in [1.165, 1.54) is 31.4 Å². The van der Waals surface area contributed by atoms with Crippen LogP contribution in [0.4, 0.5) is 4.39 Å². The summed E-state index contributed by atoms with van der Waals surface area (Å²) < 4.78 is 15.1. The fourth-order valence-corrected chi connectivity index (χ4v) is 3.68. The molecule has 5 nitrogen and oxygen atoms in total. The molecule has 3 aromatic rings. The molecule has 27 heavy (non-hydrogen) atoms. The Labute approximate surface area is 157 Å². The third-order valence-electron chi connectivity index (χ3n) is 5.16. The Bertz CT molecular complexity index is 995. The van der Waals surface area contributed by atoms with Gasteiger partial charge in [-0.15, -0.1) is 0 Å². The van der Waals surface area contributed by atoms with E-state index in [4.69, 9.17) is 0 Å². The van der Waals surface area contributed by atoms with Crippen LogP contribution in [0.3, 0.4) is 0 Å². The molecule has 140 valence electrons. The summed E-state index contributed by atoms with van der Waals surface area (Å²) in [6, 6.07) is 10.3. The molecule has 6 heteroatoms. The molecule has 4 rings (SSSR count). The standard InChI is InChI=1S/C21H23FN4O/c22-16-6-3-5-15(13-16)18-9-10-19-20(25-18)21(27)26(14-24-19)12-4-8-17-7-1-2-11-23-17/h3,5-6,9-10,13-14,17,23H,1-2,4,7-8,11-12H2. The van der Waals surface area contributed by atoms with Gasteiger partial charge in [-0.1, -0.05) is 18.6 Å². The summed E-state index contributed by atoms with van der Waals surface area (Å²) in [6.07, 6.45) is 7.33. The zero-order valence-electron chi connectivity index (χ0n) is 15.2. The van der Waals surface area contributed by atoms with Gasteiger partial charge < -0.3 is 5.32 Å². The Hall–Kier alpha value is -2.60. The van der Waals surface area contributed by atoms with Gasteiger partial charge in [0, 0.05) is 18.2 Å². The van der Waals surface area contributed by atoms with Crippen LogP contribution in [0.1, 0.15) is 32.1 Å². The zero-order chi connectivity index (χ0) is 18.6. The molecule has 0 radical (unpaired) electrons. The van der Waals surface area contributed by atoms with E-state index in [0.717, 1.165) is 19.4 Å². The molecular formula is C21H23FN4O. The van der Waals surface area contributed by atoms with E-state index in [0.29, 0.717) is 34.9 Å². The van der Waals surface area contributed by atoms with Crippen molar-refractivity contribution in [3.8, 4) is 11.3 Å². The van der Waals surface area contributed by atoms with Crippen LogP contribution >= 0.6 is 0 Å². The van der Waals surface area contributed by atoms with Crippen LogP contribution in [0.5, 0.6) is 0 Å². The lowest BCUT2D eigenvalue weighted by Crippen LogP contribution is -2.34. The summed E-state index contributed by atoms with van der Waals surface area (Å²) >= 11 is 0. The predicted molar refractivity (Wildman–Crippen MR) is 104 cm³/mol. The van der Waals surface area contributed by atoms with Crippen molar-refractivity contribution >= 4 is 11.0 Å². The van der Waals surface area contributed by atoms with Crippen molar-refractivity contribution in [2.75, 3.05) is 6.54 Å². The molecule has 1 aliphatic heterocycles. The smallest absolute Gasteiger partial charge is 0.279 e. The molecule has 1 atom stereocenters. The van der Waals surface area contributed by atoms with Crippen molar-refractivity contribution < 1.29 is 4.39 Å². The van der Waals surface area contributed by atoms with Crippen LogP contribution in [0.2, 0.25) is 0 Å². The first-order chi connectivity index (χ1) is 13.2. The molecule has 0 amide bonds. The highest BCUT2D eigenvalue weighted by molar-refractivity contribution is 5.76. The van der Waals surface area contributed by atoms with Gasteiger partial charge in [0.2, 0.25) is 0 Å². The second kappa shape index (κ2) is 7.96. The topological polar surface area (TPSA) is 59.8 Å². The Balaban J connectivity index is 1.55. The molecule has 0 saturated carbocycles. The van der Waals surface area contributed by atoms with Gasteiger partial charge in [0.1, 0.15) is 5.82 Å². The highest BCUT2D eigenvalue weighted by Crippen LogP contribution is 2.19. The molecule has 1 aliphatic rings. The fraction of sp³-hybridized carbons (Fsp3) is 0.381. The van der Waals surface area contributed by atoms with Crippen LogP contribution < -0.4 is 10.9 Å². The van der Waals surface area contributed by atoms with E-state index in [1.807, 2.05) is 0 Å². The van der Waals surface area contributed by atoms with Gasteiger partial charge in [0.15, 0.2) is 5.52 Å². The molecule has 1 saturated heterocycles. The quantitative estimate of drug-likeness (QED) is 0.751. The van der Waals surface area contributed by atoms with Gasteiger partial charge in [0.05, 0.1) is 17.5 Å². The number of hydrogen-bond donors (Lipinski definition) is 1. The van der Waals surface area contributed by atoms with Gasteiger partial charge in [-0.05, 0) is 56.5 Å². The van der Waals surface area contributed by atoms with Gasteiger partial charge >= 0.3 is 0 Å². The van der Waals surface area contributed by atoms with Crippen LogP contribution in [-0.2, 0) is 6.54 Å². The number of halogens is 1. The molecule has 0 aliphatic carbocycles. The summed E-state index contributed by atoms with van der Waals surface area (Å²) in [4.78, 5) is 21.7. The molecule has 1 unspecified atom stereocenters. The Kier molecular flexibility index (Phi) is 5.25. The number of aryl methyl sites for hydroxylation is 1. The SMILES string of the molecule is O=c1c2nc(-c3cccc(F)c3)ccc2ncn1CCCC1CCCCN1. The lowest BCUT2D eigenvalue weighted by molar-refractivity contribution is 0.367. The first-order valence-corrected chi connectivity index (χ1v) is 9.56. The van der Waals surface area contributed by atoms with Crippen molar-refractivity contribution in [2.24, 2.45) is 0 Å². The van der Waals surface area contributed by atoms with Crippen molar-refractivity contribution in [1.29, 1.82) is 0 Å². The summed E-state index contributed by atoms with van der Waals surface area (Å²) in [5.41, 5.74) is 1.97. The van der Waals surface area contributed by atoms with E-state index in [1.54, 1.807) is 35.2 Å². The minimum Gasteiger partial charge on any atom is -0.314 e. The first kappa shape index (κ1) is 17.8. The third-order valence-corrected chi connectivity index (χ3v) is 5.16. The average molecular weight is 366 g/mol. The summed E-state index contributed by atoms with van der Waals surface area (Å²) in [5.74, 6) is -0.325. The van der Waals surface area contributed by atoms with Crippen LogP contribution in [0, 0.1) is 5.82 Å². The molecular weight excluding hydrogens is 343 g/mol. The van der Waals surface area contributed by atoms with Crippen molar-refractivity contribution in [3.63, 3.8) is 0 Å². The number of pyridine rings is 1. The summed E-state index contributed by atoms with van der Waals surface area (Å²) in [7, 11) is 0. The molecule has 1 aromatic carbocycles. The number of benzene rings is 1. The van der Waals surface area contributed by atoms with Crippen molar-refractivity contribution in [2.45, 2.75) is 44.7 Å². The Morgan fingerprint density at radius 3 is 2.96 bits per heavy atom. The van der Waals surface area contributed by atoms with E-state index in [-0.39, 0.29) is 11.4 Å². The summed E-state index contributed by atoms with van der Waals surface area (Å²) in [5, 5.41) is 3.53. The number of nitrogens with zero attached hydrogens (tertiary/aromatic N) is 3. The minimum absolute atomic E-state index is 0.144. The summed E-state index contributed by atoms with van der Waals surface area (Å²) in [6.45, 7) is 1.72. The van der Waals surface area contributed by atoms with Crippen molar-refractivity contribution in [3.05, 3.63) is 58.9 Å². The monoisotopic (exact) mass is 366 g/mol. The maximum absolute atomic E-state index is 13.5. The minimum atomic E-state index is -0.325. The van der Waals surface area contributed by atoms with Crippen LogP contribution in [0.15, 0.2) is 47.5 Å². The van der Waals surface area contributed by atoms with Crippen LogP contribution in [0.25, 0.3) is 22.3 Å². The van der Waals surface area contributed by atoms with E-state index >= 15 is 0 Å². The number of hydrogen-bond acceptors (Lipinski definition) is 4. The number of fused-ring (bicyclic) bond motifs is 1. The maximum atomic E-state index is 13.5. The van der Waals surface area contributed by atoms with Gasteiger partial charge in [-0.3, -0.25) is 9.36 Å². The van der Waals surface area contributed by atoms with Crippen molar-refractivity contribution in [1.82, 2.24) is 19.9 Å². The molecule has 2 aromatic heterocycles. The lowest BCUT2D eigenvalue weighted by atomic mass is 10.0. The van der Waals surface area contributed by atoms with Gasteiger partial charge in [-0.25, -0.2) is 14.4 Å². The molecule has 3 heterocycles. The largest absolute Gasteiger partial charge is 0.314 e. The zero-order valence-corrected chi connectivity index (χ0v) is 15.2. The van der Waals surface area contributed by atoms with Gasteiger partial charge in [-0.2, -0.15) is 0 Å². The number of nitrogens with one attached hydrogen (secondary N) is 1. The van der Waals surface area contributed by atoms with Crippen LogP contribution in [-0.4, -0.2) is 27.1 Å². The predicted octanol–water partition coefficient (Wildman–Crippen LogP) is 3.52. The number of piperidine rings is 1. The lowest BCUT2D eigenvalue weighted by Gasteiger charge is -2.23. The first-order valence-electron chi connectivity index (χ1n) is 9.56. The highest BCUT2D eigenvalue weighted by atomic mass is 19.1. The Morgan fingerprint density at radius 1 is 1.22 bits per heavy atom. The average Bonchev–Trinajstić information content (AvgIpc) is 2.70. The Morgan fingerprint density at radius 2 is 2.15 bits per heavy atom. The highest BCUT2D eigenvalue weighted by Gasteiger charge is 2.13. The van der Waals surface area contributed by atoms with E-state index in [9.17, 15) is 9.18 Å². The van der Waals surface area contributed by atoms with Gasteiger partial charge in [0.25, 0.3) is 5.56 Å². The number of aromatic nitrogens is 3. The maximum Gasteiger partial charge on any atom is 0.279 e. The molecule has 0 bridgehead atoms. The molecule has 1 fully saturated rings. The third kappa shape index (κ3) is 4.06. The van der Waals surface area contributed by atoms with E-state index < -0.39 is 0 Å².